The molecule has 2 aliphatic rings. The van der Waals surface area contributed by atoms with Gasteiger partial charge in [-0.1, -0.05) is 60.7 Å². The lowest BCUT2D eigenvalue weighted by atomic mass is 9.63. The van der Waals surface area contributed by atoms with Crippen molar-refractivity contribution in [3.8, 4) is 0 Å². The standard InChI is InChI=1S/C21H25NO2S/c1-17-21(16-25(17,23)24)12-20(13-21)22(14-18-8-4-2-5-9-18)15-19-10-6-3-7-11-19/h2-11,17,20H,12-16H2,1H3. The first-order chi connectivity index (χ1) is 12.0. The number of sulfone groups is 1. The average Bonchev–Trinajstić information content (AvgIpc) is 2.59. The van der Waals surface area contributed by atoms with Gasteiger partial charge in [-0.15, -0.1) is 0 Å². The molecule has 0 N–H and O–H groups in total. The van der Waals surface area contributed by atoms with Crippen molar-refractivity contribution >= 4 is 9.84 Å². The molecule has 132 valence electrons. The van der Waals surface area contributed by atoms with Gasteiger partial charge in [0.2, 0.25) is 0 Å². The summed E-state index contributed by atoms with van der Waals surface area (Å²) in [4.78, 5) is 2.52. The third-order valence-corrected chi connectivity index (χ3v) is 8.70. The highest BCUT2D eigenvalue weighted by Gasteiger charge is 2.62. The molecule has 1 aliphatic carbocycles. The number of benzene rings is 2. The van der Waals surface area contributed by atoms with Crippen molar-refractivity contribution < 1.29 is 8.42 Å². The molecule has 0 amide bonds. The van der Waals surface area contributed by atoms with Gasteiger partial charge in [-0.2, -0.15) is 0 Å². The molecule has 0 aromatic heterocycles. The molecule has 1 heterocycles. The maximum Gasteiger partial charge on any atom is 0.154 e. The van der Waals surface area contributed by atoms with E-state index in [1.54, 1.807) is 0 Å². The smallest absolute Gasteiger partial charge is 0.154 e. The third kappa shape index (κ3) is 3.13. The van der Waals surface area contributed by atoms with Crippen molar-refractivity contribution in [3.63, 3.8) is 0 Å². The Morgan fingerprint density at radius 3 is 1.80 bits per heavy atom. The van der Waals surface area contributed by atoms with Crippen LogP contribution in [0.25, 0.3) is 0 Å². The lowest BCUT2D eigenvalue weighted by molar-refractivity contribution is -0.00592. The molecule has 25 heavy (non-hydrogen) atoms. The normalized spacial score (nSPS) is 30.0. The van der Waals surface area contributed by atoms with Gasteiger partial charge in [-0.05, 0) is 30.9 Å². The van der Waals surface area contributed by atoms with Crippen molar-refractivity contribution in [2.75, 3.05) is 5.75 Å². The van der Waals surface area contributed by atoms with Crippen molar-refractivity contribution in [2.24, 2.45) is 5.41 Å². The lowest BCUT2D eigenvalue weighted by Gasteiger charge is -2.59. The van der Waals surface area contributed by atoms with Crippen LogP contribution in [0.1, 0.15) is 30.9 Å². The predicted octanol–water partition coefficient (Wildman–Crippen LogP) is 3.65. The molecule has 2 aromatic carbocycles. The first kappa shape index (κ1) is 16.8. The second-order valence-electron chi connectivity index (χ2n) is 7.75. The van der Waals surface area contributed by atoms with Gasteiger partial charge in [0, 0.05) is 24.5 Å². The summed E-state index contributed by atoms with van der Waals surface area (Å²) >= 11 is 0. The Labute approximate surface area is 150 Å². The van der Waals surface area contributed by atoms with Crippen molar-refractivity contribution in [2.45, 2.75) is 44.1 Å². The second-order valence-corrected chi connectivity index (χ2v) is 10.1. The summed E-state index contributed by atoms with van der Waals surface area (Å²) in [5.74, 6) is 0.391. The van der Waals surface area contributed by atoms with E-state index in [1.807, 2.05) is 19.1 Å². The minimum Gasteiger partial charge on any atom is -0.292 e. The van der Waals surface area contributed by atoms with Gasteiger partial charge in [0.1, 0.15) is 0 Å². The maximum absolute atomic E-state index is 11.9. The van der Waals surface area contributed by atoms with E-state index in [0.29, 0.717) is 11.8 Å². The largest absolute Gasteiger partial charge is 0.292 e. The molecule has 4 heteroatoms. The highest BCUT2D eigenvalue weighted by molar-refractivity contribution is 7.93. The Bertz CT molecular complexity index is 785. The van der Waals surface area contributed by atoms with E-state index in [9.17, 15) is 8.42 Å². The fraction of sp³-hybridized carbons (Fsp3) is 0.429. The molecule has 1 saturated heterocycles. The van der Waals surface area contributed by atoms with Gasteiger partial charge in [-0.25, -0.2) is 8.42 Å². The molecule has 3 nitrogen and oxygen atoms in total. The summed E-state index contributed by atoms with van der Waals surface area (Å²) in [6.07, 6.45) is 2.01. The van der Waals surface area contributed by atoms with E-state index in [0.717, 1.165) is 25.9 Å². The fourth-order valence-corrected chi connectivity index (χ4v) is 6.74. The molecule has 2 aromatic rings. The van der Waals surface area contributed by atoms with Crippen LogP contribution < -0.4 is 0 Å². The first-order valence-electron chi connectivity index (χ1n) is 9.02. The van der Waals surface area contributed by atoms with Gasteiger partial charge < -0.3 is 0 Å². The van der Waals surface area contributed by atoms with E-state index < -0.39 is 9.84 Å². The quantitative estimate of drug-likeness (QED) is 0.821. The molecule has 2 fully saturated rings. The molecule has 1 unspecified atom stereocenters. The number of hydrogen-bond donors (Lipinski definition) is 0. The van der Waals surface area contributed by atoms with Crippen molar-refractivity contribution in [1.82, 2.24) is 4.90 Å². The zero-order valence-corrected chi connectivity index (χ0v) is 15.5. The Morgan fingerprint density at radius 1 is 0.920 bits per heavy atom. The Morgan fingerprint density at radius 2 is 1.40 bits per heavy atom. The highest BCUT2D eigenvalue weighted by atomic mass is 32.2. The van der Waals surface area contributed by atoms with Gasteiger partial charge in [0.15, 0.2) is 9.84 Å². The van der Waals surface area contributed by atoms with Crippen LogP contribution >= 0.6 is 0 Å². The molecule has 1 aliphatic heterocycles. The first-order valence-corrected chi connectivity index (χ1v) is 10.7. The summed E-state index contributed by atoms with van der Waals surface area (Å²) < 4.78 is 23.7. The molecule has 1 spiro atoms. The summed E-state index contributed by atoms with van der Waals surface area (Å²) in [7, 11) is -2.81. The van der Waals surface area contributed by atoms with Gasteiger partial charge in [0.05, 0.1) is 11.0 Å². The van der Waals surface area contributed by atoms with Gasteiger partial charge in [-0.3, -0.25) is 4.90 Å². The van der Waals surface area contributed by atoms with E-state index in [4.69, 9.17) is 0 Å². The maximum atomic E-state index is 11.9. The molecular weight excluding hydrogens is 330 g/mol. The Hall–Kier alpha value is -1.65. The zero-order valence-electron chi connectivity index (χ0n) is 14.6. The molecule has 0 bridgehead atoms. The summed E-state index contributed by atoms with van der Waals surface area (Å²) in [6.45, 7) is 3.73. The van der Waals surface area contributed by atoms with E-state index >= 15 is 0 Å². The van der Waals surface area contributed by atoms with Crippen LogP contribution in [0.15, 0.2) is 60.7 Å². The van der Waals surface area contributed by atoms with Crippen LogP contribution in [0.5, 0.6) is 0 Å². The van der Waals surface area contributed by atoms with Crippen LogP contribution in [0.4, 0.5) is 0 Å². The topological polar surface area (TPSA) is 37.4 Å². The molecular formula is C21H25NO2S. The molecule has 4 rings (SSSR count). The number of hydrogen-bond acceptors (Lipinski definition) is 3. The molecule has 0 radical (unpaired) electrons. The minimum absolute atomic E-state index is 0.0507. The van der Waals surface area contributed by atoms with Crippen LogP contribution in [-0.2, 0) is 22.9 Å². The summed E-state index contributed by atoms with van der Waals surface area (Å²) in [6, 6.07) is 21.6. The van der Waals surface area contributed by atoms with Crippen LogP contribution in [0.2, 0.25) is 0 Å². The highest BCUT2D eigenvalue weighted by Crippen LogP contribution is 2.56. The monoisotopic (exact) mass is 355 g/mol. The summed E-state index contributed by atoms with van der Waals surface area (Å²) in [5.41, 5.74) is 2.68. The van der Waals surface area contributed by atoms with Crippen LogP contribution in [0, 0.1) is 5.41 Å². The lowest BCUT2D eigenvalue weighted by Crippen LogP contribution is -2.66. The third-order valence-electron chi connectivity index (χ3n) is 6.15. The number of nitrogens with zero attached hydrogens (tertiary/aromatic N) is 1. The van der Waals surface area contributed by atoms with Crippen LogP contribution in [0.3, 0.4) is 0 Å². The minimum atomic E-state index is -2.81. The van der Waals surface area contributed by atoms with E-state index in [-0.39, 0.29) is 10.7 Å². The number of rotatable bonds is 5. The van der Waals surface area contributed by atoms with E-state index in [1.165, 1.54) is 11.1 Å². The summed E-state index contributed by atoms with van der Waals surface area (Å²) in [5, 5.41) is -0.161. The van der Waals surface area contributed by atoms with Crippen molar-refractivity contribution in [1.29, 1.82) is 0 Å². The fourth-order valence-electron chi connectivity index (χ4n) is 4.46. The average molecular weight is 356 g/mol. The second kappa shape index (κ2) is 6.26. The zero-order chi connectivity index (χ0) is 17.5. The molecule has 1 saturated carbocycles. The van der Waals surface area contributed by atoms with Gasteiger partial charge >= 0.3 is 0 Å². The van der Waals surface area contributed by atoms with Crippen molar-refractivity contribution in [3.05, 3.63) is 71.8 Å². The van der Waals surface area contributed by atoms with Crippen LogP contribution in [-0.4, -0.2) is 30.4 Å². The SMILES string of the molecule is CC1C2(CC(N(Cc3ccccc3)Cc3ccccc3)C2)CS1(=O)=O. The van der Waals surface area contributed by atoms with E-state index in [2.05, 4.69) is 53.4 Å². The Balaban J connectivity index is 1.49. The molecule has 1 atom stereocenters. The van der Waals surface area contributed by atoms with Gasteiger partial charge in [0.25, 0.3) is 0 Å². The Kier molecular flexibility index (Phi) is 4.20. The predicted molar refractivity (Wildman–Crippen MR) is 101 cm³/mol.